The highest BCUT2D eigenvalue weighted by Crippen LogP contribution is 2.29. The number of guanidine groups is 1. The third-order valence-corrected chi connectivity index (χ3v) is 6.11. The molecule has 5 heteroatoms. The molecule has 4 rings (SSSR count). The van der Waals surface area contributed by atoms with Crippen LogP contribution in [0.4, 0.5) is 0 Å². The van der Waals surface area contributed by atoms with Crippen molar-refractivity contribution in [3.05, 3.63) is 35.5 Å². The van der Waals surface area contributed by atoms with Gasteiger partial charge in [0.15, 0.2) is 5.96 Å². The number of nitrogens with zero attached hydrogens (tertiary/aromatic N) is 2. The highest BCUT2D eigenvalue weighted by atomic mass is 15.2. The summed E-state index contributed by atoms with van der Waals surface area (Å²) in [5.41, 5.74) is 4.06. The lowest BCUT2D eigenvalue weighted by molar-refractivity contribution is 0.197. The molecule has 0 radical (unpaired) electrons. The fraction of sp³-hybridized carbons (Fsp3) is 0.591. The average Bonchev–Trinajstić information content (AvgIpc) is 3.48. The van der Waals surface area contributed by atoms with Crippen molar-refractivity contribution in [3.63, 3.8) is 0 Å². The zero-order chi connectivity index (χ0) is 18.6. The van der Waals surface area contributed by atoms with Crippen LogP contribution in [0.15, 0.2) is 29.4 Å². The van der Waals surface area contributed by atoms with Gasteiger partial charge in [-0.25, -0.2) is 0 Å². The number of benzene rings is 1. The van der Waals surface area contributed by atoms with Gasteiger partial charge in [-0.15, -0.1) is 0 Å². The topological polar surface area (TPSA) is 55.5 Å². The molecule has 0 amide bonds. The Hall–Kier alpha value is -2.01. The standard InChI is InChI=1S/C22H33N5/c1-3-16-5-4-6-20-17(15-25-21(16)20)9-12-24-22(23-2)26-18-10-13-27(14-11-18)19-7-8-19/h4-6,15,18-19,25H,3,7-14H2,1-2H3,(H2,23,24,26). The Labute approximate surface area is 162 Å². The van der Waals surface area contributed by atoms with E-state index in [0.29, 0.717) is 6.04 Å². The van der Waals surface area contributed by atoms with E-state index in [9.17, 15) is 0 Å². The van der Waals surface area contributed by atoms with Crippen LogP contribution >= 0.6 is 0 Å². The monoisotopic (exact) mass is 367 g/mol. The predicted octanol–water partition coefficient (Wildman–Crippen LogP) is 3.06. The van der Waals surface area contributed by atoms with Gasteiger partial charge < -0.3 is 20.5 Å². The fourth-order valence-electron chi connectivity index (χ4n) is 4.33. The number of likely N-dealkylation sites (tertiary alicyclic amines) is 1. The van der Waals surface area contributed by atoms with Crippen molar-refractivity contribution in [1.29, 1.82) is 0 Å². The predicted molar refractivity (Wildman–Crippen MR) is 113 cm³/mol. The van der Waals surface area contributed by atoms with E-state index in [1.807, 2.05) is 7.05 Å². The number of aromatic amines is 1. The lowest BCUT2D eigenvalue weighted by Gasteiger charge is -2.33. The number of hydrogen-bond donors (Lipinski definition) is 3. The van der Waals surface area contributed by atoms with Crippen LogP contribution in [-0.4, -0.2) is 54.6 Å². The number of hydrogen-bond acceptors (Lipinski definition) is 2. The summed E-state index contributed by atoms with van der Waals surface area (Å²) in [7, 11) is 1.87. The highest BCUT2D eigenvalue weighted by molar-refractivity contribution is 5.86. The van der Waals surface area contributed by atoms with Crippen LogP contribution in [0.5, 0.6) is 0 Å². The van der Waals surface area contributed by atoms with Crippen LogP contribution in [0, 0.1) is 0 Å². The smallest absolute Gasteiger partial charge is 0.191 e. The number of aryl methyl sites for hydroxylation is 1. The Kier molecular flexibility index (Phi) is 5.67. The molecule has 2 heterocycles. The van der Waals surface area contributed by atoms with Crippen molar-refractivity contribution < 1.29 is 0 Å². The summed E-state index contributed by atoms with van der Waals surface area (Å²) in [4.78, 5) is 10.6. The second kappa shape index (κ2) is 8.34. The normalized spacial score (nSPS) is 19.6. The molecule has 1 saturated heterocycles. The fourth-order valence-corrected chi connectivity index (χ4v) is 4.33. The third-order valence-electron chi connectivity index (χ3n) is 6.11. The largest absolute Gasteiger partial charge is 0.361 e. The molecule has 27 heavy (non-hydrogen) atoms. The van der Waals surface area contributed by atoms with Gasteiger partial charge in [-0.1, -0.05) is 25.1 Å². The number of aromatic nitrogens is 1. The van der Waals surface area contributed by atoms with E-state index in [2.05, 4.69) is 56.8 Å². The van der Waals surface area contributed by atoms with Crippen LogP contribution in [-0.2, 0) is 12.8 Å². The van der Waals surface area contributed by atoms with E-state index in [0.717, 1.165) is 31.4 Å². The molecule has 3 N–H and O–H groups in total. The molecular formula is C22H33N5. The quantitative estimate of drug-likeness (QED) is 0.543. The summed E-state index contributed by atoms with van der Waals surface area (Å²) in [6.45, 7) is 5.56. The van der Waals surface area contributed by atoms with Crippen molar-refractivity contribution in [2.45, 2.75) is 57.5 Å². The SMILES string of the molecule is CCc1cccc2c(CCNC(=NC)NC3CCN(C4CC4)CC3)c[nH]c12. The average molecular weight is 368 g/mol. The van der Waals surface area contributed by atoms with E-state index < -0.39 is 0 Å². The zero-order valence-corrected chi connectivity index (χ0v) is 16.7. The van der Waals surface area contributed by atoms with Crippen LogP contribution in [0.3, 0.4) is 0 Å². The minimum atomic E-state index is 0.548. The third kappa shape index (κ3) is 4.29. The molecule has 0 bridgehead atoms. The molecule has 0 atom stereocenters. The summed E-state index contributed by atoms with van der Waals surface area (Å²) in [5, 5.41) is 8.48. The van der Waals surface area contributed by atoms with Gasteiger partial charge in [0, 0.05) is 55.9 Å². The number of aliphatic imine (C=N–C) groups is 1. The Morgan fingerprint density at radius 1 is 1.19 bits per heavy atom. The zero-order valence-electron chi connectivity index (χ0n) is 16.7. The first-order chi connectivity index (χ1) is 13.3. The Balaban J connectivity index is 1.26. The molecule has 0 unspecified atom stereocenters. The number of fused-ring (bicyclic) bond motifs is 1. The van der Waals surface area contributed by atoms with Crippen LogP contribution < -0.4 is 10.6 Å². The molecule has 2 aliphatic rings. The van der Waals surface area contributed by atoms with Gasteiger partial charge >= 0.3 is 0 Å². The van der Waals surface area contributed by atoms with E-state index in [1.54, 1.807) is 0 Å². The van der Waals surface area contributed by atoms with E-state index in [1.165, 1.54) is 60.8 Å². The maximum absolute atomic E-state index is 4.43. The molecule has 5 nitrogen and oxygen atoms in total. The van der Waals surface area contributed by atoms with E-state index >= 15 is 0 Å². The van der Waals surface area contributed by atoms with E-state index in [4.69, 9.17) is 0 Å². The molecule has 1 saturated carbocycles. The Morgan fingerprint density at radius 2 is 2.00 bits per heavy atom. The minimum Gasteiger partial charge on any atom is -0.361 e. The highest BCUT2D eigenvalue weighted by Gasteiger charge is 2.31. The van der Waals surface area contributed by atoms with Crippen molar-refractivity contribution in [3.8, 4) is 0 Å². The Morgan fingerprint density at radius 3 is 2.70 bits per heavy atom. The summed E-state index contributed by atoms with van der Waals surface area (Å²) < 4.78 is 0. The first-order valence-corrected chi connectivity index (χ1v) is 10.6. The summed E-state index contributed by atoms with van der Waals surface area (Å²) in [6.07, 6.45) is 9.48. The van der Waals surface area contributed by atoms with Gasteiger partial charge in [0.05, 0.1) is 0 Å². The lowest BCUT2D eigenvalue weighted by atomic mass is 10.0. The van der Waals surface area contributed by atoms with Crippen LogP contribution in [0.1, 0.15) is 43.7 Å². The van der Waals surface area contributed by atoms with Crippen molar-refractivity contribution in [2.24, 2.45) is 4.99 Å². The lowest BCUT2D eigenvalue weighted by Crippen LogP contribution is -2.49. The Bertz CT molecular complexity index is 781. The molecule has 1 aliphatic carbocycles. The molecule has 2 fully saturated rings. The molecule has 0 spiro atoms. The maximum Gasteiger partial charge on any atom is 0.191 e. The second-order valence-corrected chi connectivity index (χ2v) is 7.94. The minimum absolute atomic E-state index is 0.548. The summed E-state index contributed by atoms with van der Waals surface area (Å²) in [6, 6.07) is 8.04. The molecular weight excluding hydrogens is 334 g/mol. The second-order valence-electron chi connectivity index (χ2n) is 7.94. The molecule has 146 valence electrons. The number of para-hydroxylation sites is 1. The first-order valence-electron chi connectivity index (χ1n) is 10.6. The number of rotatable bonds is 6. The number of piperidine rings is 1. The molecule has 1 aliphatic heterocycles. The van der Waals surface area contributed by atoms with E-state index in [-0.39, 0.29) is 0 Å². The van der Waals surface area contributed by atoms with Crippen LogP contribution in [0.25, 0.3) is 10.9 Å². The van der Waals surface area contributed by atoms with Gasteiger partial charge in [0.1, 0.15) is 0 Å². The van der Waals surface area contributed by atoms with Crippen LogP contribution in [0.2, 0.25) is 0 Å². The van der Waals surface area contributed by atoms with Gasteiger partial charge in [0.2, 0.25) is 0 Å². The van der Waals surface area contributed by atoms with Gasteiger partial charge in [-0.2, -0.15) is 0 Å². The van der Waals surface area contributed by atoms with Crippen molar-refractivity contribution in [2.75, 3.05) is 26.7 Å². The summed E-state index contributed by atoms with van der Waals surface area (Å²) >= 11 is 0. The molecule has 1 aromatic heterocycles. The summed E-state index contributed by atoms with van der Waals surface area (Å²) in [5.74, 6) is 0.939. The molecule has 1 aromatic carbocycles. The van der Waals surface area contributed by atoms with Crippen molar-refractivity contribution >= 4 is 16.9 Å². The maximum atomic E-state index is 4.43. The number of nitrogens with one attached hydrogen (secondary N) is 3. The van der Waals surface area contributed by atoms with Gasteiger partial charge in [-0.05, 0) is 49.7 Å². The first kappa shape index (κ1) is 18.4. The molecule has 2 aromatic rings. The number of H-pyrrole nitrogens is 1. The van der Waals surface area contributed by atoms with Gasteiger partial charge in [0.25, 0.3) is 0 Å². The van der Waals surface area contributed by atoms with Crippen molar-refractivity contribution in [1.82, 2.24) is 20.5 Å². The van der Waals surface area contributed by atoms with Gasteiger partial charge in [-0.3, -0.25) is 4.99 Å².